The van der Waals surface area contributed by atoms with E-state index >= 15 is 0 Å². The highest BCUT2D eigenvalue weighted by atomic mass is 35.5. The molecule has 2 heterocycles. The van der Waals surface area contributed by atoms with Crippen molar-refractivity contribution in [3.63, 3.8) is 0 Å². The maximum absolute atomic E-state index is 12.7. The minimum Gasteiger partial charge on any atom is -0.497 e. The first-order valence-electron chi connectivity index (χ1n) is 10.2. The van der Waals surface area contributed by atoms with Gasteiger partial charge in [-0.25, -0.2) is 0 Å². The number of ketones is 1. The van der Waals surface area contributed by atoms with Gasteiger partial charge in [-0.15, -0.1) is 0 Å². The van der Waals surface area contributed by atoms with Gasteiger partial charge in [-0.1, -0.05) is 23.2 Å². The molecule has 168 valence electrons. The van der Waals surface area contributed by atoms with Gasteiger partial charge >= 0.3 is 0 Å². The number of carbonyl (C=O) groups excluding carboxylic acids is 2. The summed E-state index contributed by atoms with van der Waals surface area (Å²) in [5.41, 5.74) is 0.547. The SMILES string of the molecule is COc1ccc(/C=C/C(=O)N2CCC3(CC2)CC(=O)c2cc(Cl)cc(Cl)c2O3)c(OC)c1. The molecule has 2 aliphatic rings. The number of methoxy groups -OCH3 is 2. The lowest BCUT2D eigenvalue weighted by Crippen LogP contribution is -2.52. The molecule has 0 saturated carbocycles. The molecule has 0 unspecified atom stereocenters. The number of hydrogen-bond donors (Lipinski definition) is 0. The van der Waals surface area contributed by atoms with Gasteiger partial charge in [0.2, 0.25) is 5.91 Å². The molecule has 1 amide bonds. The van der Waals surface area contributed by atoms with Crippen LogP contribution in [-0.4, -0.2) is 49.5 Å². The van der Waals surface area contributed by atoms with E-state index in [0.29, 0.717) is 58.8 Å². The number of fused-ring (bicyclic) bond motifs is 1. The summed E-state index contributed by atoms with van der Waals surface area (Å²) in [5, 5.41) is 0.733. The van der Waals surface area contributed by atoms with Gasteiger partial charge in [0, 0.05) is 48.7 Å². The second-order valence-electron chi connectivity index (χ2n) is 7.92. The summed E-state index contributed by atoms with van der Waals surface area (Å²) < 4.78 is 16.8. The third-order valence-electron chi connectivity index (χ3n) is 5.94. The number of ether oxygens (including phenoxy) is 3. The van der Waals surface area contributed by atoms with E-state index in [-0.39, 0.29) is 18.1 Å². The number of piperidine rings is 1. The minimum atomic E-state index is -0.652. The van der Waals surface area contributed by atoms with Crippen LogP contribution in [0.2, 0.25) is 10.0 Å². The molecule has 2 aromatic carbocycles. The fraction of sp³-hybridized carbons (Fsp3) is 0.333. The number of carbonyl (C=O) groups is 2. The maximum Gasteiger partial charge on any atom is 0.246 e. The van der Waals surface area contributed by atoms with Gasteiger partial charge < -0.3 is 19.1 Å². The molecule has 2 aliphatic heterocycles. The molecule has 0 bridgehead atoms. The van der Waals surface area contributed by atoms with Crippen molar-refractivity contribution in [3.8, 4) is 17.2 Å². The summed E-state index contributed by atoms with van der Waals surface area (Å²) in [6, 6.07) is 8.58. The van der Waals surface area contributed by atoms with E-state index in [9.17, 15) is 9.59 Å². The lowest BCUT2D eigenvalue weighted by atomic mass is 9.82. The van der Waals surface area contributed by atoms with Gasteiger partial charge in [0.15, 0.2) is 5.78 Å². The van der Waals surface area contributed by atoms with E-state index in [1.807, 2.05) is 12.1 Å². The smallest absolute Gasteiger partial charge is 0.246 e. The summed E-state index contributed by atoms with van der Waals surface area (Å²) in [6.07, 6.45) is 4.59. The molecule has 1 spiro atoms. The van der Waals surface area contributed by atoms with Crippen LogP contribution in [0.5, 0.6) is 17.2 Å². The van der Waals surface area contributed by atoms with Gasteiger partial charge in [-0.2, -0.15) is 0 Å². The number of benzene rings is 2. The number of rotatable bonds is 4. The Bertz CT molecular complexity index is 1090. The lowest BCUT2D eigenvalue weighted by Gasteiger charge is -2.44. The van der Waals surface area contributed by atoms with Crippen molar-refractivity contribution >= 4 is 41.0 Å². The second kappa shape index (κ2) is 9.04. The Labute approximate surface area is 196 Å². The van der Waals surface area contributed by atoms with E-state index in [1.165, 1.54) is 6.08 Å². The van der Waals surface area contributed by atoms with Gasteiger partial charge in [-0.05, 0) is 30.3 Å². The van der Waals surface area contributed by atoms with Crippen LogP contribution in [0.25, 0.3) is 6.08 Å². The average molecular weight is 476 g/mol. The third-order valence-corrected chi connectivity index (χ3v) is 6.44. The van der Waals surface area contributed by atoms with Crippen LogP contribution in [0.4, 0.5) is 0 Å². The number of nitrogens with zero attached hydrogens (tertiary/aromatic N) is 1. The topological polar surface area (TPSA) is 65.1 Å². The highest BCUT2D eigenvalue weighted by Crippen LogP contribution is 2.44. The Morgan fingerprint density at radius 1 is 1.12 bits per heavy atom. The fourth-order valence-electron chi connectivity index (χ4n) is 4.15. The molecule has 0 radical (unpaired) electrons. The van der Waals surface area contributed by atoms with Gasteiger partial charge in [0.25, 0.3) is 0 Å². The Kier molecular flexibility index (Phi) is 6.35. The summed E-state index contributed by atoms with van der Waals surface area (Å²) in [5.74, 6) is 1.54. The van der Waals surface area contributed by atoms with Crippen LogP contribution in [-0.2, 0) is 4.79 Å². The molecular formula is C24H23Cl2NO5. The first kappa shape index (κ1) is 22.5. The standard InChI is InChI=1S/C24H23Cl2NO5/c1-30-17-5-3-15(21(13-17)31-2)4-6-22(29)27-9-7-24(8-10-27)14-20(28)18-11-16(25)12-19(26)23(18)32-24/h3-6,11-13H,7-10,14H2,1-2H3/b6-4+. The van der Waals surface area contributed by atoms with Crippen LogP contribution in [0, 0.1) is 0 Å². The van der Waals surface area contributed by atoms with Crippen LogP contribution < -0.4 is 14.2 Å². The van der Waals surface area contributed by atoms with Crippen LogP contribution >= 0.6 is 23.2 Å². The van der Waals surface area contributed by atoms with Crippen molar-refractivity contribution in [2.24, 2.45) is 0 Å². The van der Waals surface area contributed by atoms with Crippen LogP contribution in [0.3, 0.4) is 0 Å². The van der Waals surface area contributed by atoms with Crippen LogP contribution in [0.1, 0.15) is 35.2 Å². The molecule has 4 rings (SSSR count). The van der Waals surface area contributed by atoms with E-state index < -0.39 is 5.60 Å². The number of Topliss-reactive ketones (excluding diaryl/α,β-unsaturated/α-hetero) is 1. The largest absolute Gasteiger partial charge is 0.497 e. The predicted molar refractivity (Wildman–Crippen MR) is 123 cm³/mol. The molecule has 0 aliphatic carbocycles. The first-order valence-corrected chi connectivity index (χ1v) is 11.0. The first-order chi connectivity index (χ1) is 15.3. The maximum atomic E-state index is 12.7. The van der Waals surface area contributed by atoms with Crippen molar-refractivity contribution in [2.45, 2.75) is 24.9 Å². The molecule has 0 aromatic heterocycles. The molecule has 1 fully saturated rings. The highest BCUT2D eigenvalue weighted by Gasteiger charge is 2.44. The monoisotopic (exact) mass is 475 g/mol. The number of halogens is 2. The zero-order chi connectivity index (χ0) is 22.9. The molecule has 8 heteroatoms. The van der Waals surface area contributed by atoms with E-state index in [0.717, 1.165) is 5.56 Å². The van der Waals surface area contributed by atoms with Crippen molar-refractivity contribution in [1.82, 2.24) is 4.90 Å². The summed E-state index contributed by atoms with van der Waals surface area (Å²) in [4.78, 5) is 27.2. The highest BCUT2D eigenvalue weighted by molar-refractivity contribution is 6.36. The summed E-state index contributed by atoms with van der Waals surface area (Å²) in [6.45, 7) is 0.966. The minimum absolute atomic E-state index is 0.0399. The quantitative estimate of drug-likeness (QED) is 0.578. The molecule has 32 heavy (non-hydrogen) atoms. The molecule has 0 N–H and O–H groups in total. The van der Waals surface area contributed by atoms with E-state index in [1.54, 1.807) is 43.4 Å². The number of hydrogen-bond acceptors (Lipinski definition) is 5. The lowest BCUT2D eigenvalue weighted by molar-refractivity contribution is -0.129. The Morgan fingerprint density at radius 2 is 1.88 bits per heavy atom. The van der Waals surface area contributed by atoms with E-state index in [4.69, 9.17) is 37.4 Å². The van der Waals surface area contributed by atoms with Crippen molar-refractivity contribution < 1.29 is 23.8 Å². The fourth-order valence-corrected chi connectivity index (χ4v) is 4.68. The normalized spacial score (nSPS) is 17.2. The summed E-state index contributed by atoms with van der Waals surface area (Å²) >= 11 is 12.3. The van der Waals surface area contributed by atoms with Crippen molar-refractivity contribution in [1.29, 1.82) is 0 Å². The number of likely N-dealkylation sites (tertiary alicyclic amines) is 1. The van der Waals surface area contributed by atoms with Gasteiger partial charge in [0.1, 0.15) is 22.8 Å². The summed E-state index contributed by atoms with van der Waals surface area (Å²) in [7, 11) is 3.16. The molecular weight excluding hydrogens is 453 g/mol. The zero-order valence-corrected chi connectivity index (χ0v) is 19.3. The molecule has 0 atom stereocenters. The van der Waals surface area contributed by atoms with Gasteiger partial charge in [-0.3, -0.25) is 9.59 Å². The molecule has 2 aromatic rings. The van der Waals surface area contributed by atoms with Crippen molar-refractivity contribution in [2.75, 3.05) is 27.3 Å². The Balaban J connectivity index is 1.43. The Morgan fingerprint density at radius 3 is 2.56 bits per heavy atom. The second-order valence-corrected chi connectivity index (χ2v) is 8.76. The van der Waals surface area contributed by atoms with E-state index in [2.05, 4.69) is 0 Å². The van der Waals surface area contributed by atoms with Crippen molar-refractivity contribution in [3.05, 3.63) is 57.6 Å². The number of amides is 1. The molecule has 1 saturated heterocycles. The Hall–Kier alpha value is -2.70. The average Bonchev–Trinajstić information content (AvgIpc) is 2.79. The van der Waals surface area contributed by atoms with Gasteiger partial charge in [0.05, 0.1) is 31.2 Å². The molecule has 6 nitrogen and oxygen atoms in total. The van der Waals surface area contributed by atoms with Crippen LogP contribution in [0.15, 0.2) is 36.4 Å². The predicted octanol–water partition coefficient (Wildman–Crippen LogP) is 5.05. The zero-order valence-electron chi connectivity index (χ0n) is 17.8. The third kappa shape index (κ3) is 4.43.